The Kier molecular flexibility index (Phi) is 10.2. The molecule has 0 aromatic heterocycles. The summed E-state index contributed by atoms with van der Waals surface area (Å²) in [6.45, 7) is 6.52. The molecule has 5 nitrogen and oxygen atoms in total. The van der Waals surface area contributed by atoms with Gasteiger partial charge in [0, 0.05) is 20.1 Å². The summed E-state index contributed by atoms with van der Waals surface area (Å²) in [6.07, 6.45) is 4.20. The number of carbonyl (C=O) groups excluding carboxylic acids is 1. The van der Waals surface area contributed by atoms with E-state index in [0.717, 1.165) is 38.8 Å². The second kappa shape index (κ2) is 10.8. The van der Waals surface area contributed by atoms with Gasteiger partial charge in [0.05, 0.1) is 13.0 Å². The number of hydrogen-bond acceptors (Lipinski definition) is 3. The summed E-state index contributed by atoms with van der Waals surface area (Å²) in [5.41, 5.74) is 0. The Morgan fingerprint density at radius 3 is 2.11 bits per heavy atom. The van der Waals surface area contributed by atoms with Crippen LogP contribution in [0.3, 0.4) is 0 Å². The quantitative estimate of drug-likeness (QED) is 0.623. The smallest absolute Gasteiger partial charge is 0.304 e. The normalized spacial score (nSPS) is 10.7. The molecule has 0 atom stereocenters. The minimum absolute atomic E-state index is 0.0786. The molecule has 0 heterocycles. The molecule has 0 saturated heterocycles. The Morgan fingerprint density at radius 2 is 1.58 bits per heavy atom. The van der Waals surface area contributed by atoms with Gasteiger partial charge in [-0.05, 0) is 19.4 Å². The number of likely N-dealkylation sites (N-methyl/N-ethyl adjacent to an activating group) is 1. The van der Waals surface area contributed by atoms with Crippen LogP contribution in [0.1, 0.15) is 46.0 Å². The summed E-state index contributed by atoms with van der Waals surface area (Å²) in [4.78, 5) is 26.3. The molecular formula is C14H28N2O3. The molecule has 0 bridgehead atoms. The fourth-order valence-corrected chi connectivity index (χ4v) is 1.74. The van der Waals surface area contributed by atoms with Crippen LogP contribution in [-0.2, 0) is 9.59 Å². The fraction of sp³-hybridized carbons (Fsp3) is 0.857. The van der Waals surface area contributed by atoms with Gasteiger partial charge in [0.25, 0.3) is 0 Å². The maximum absolute atomic E-state index is 12.0. The van der Waals surface area contributed by atoms with Crippen LogP contribution in [0.25, 0.3) is 0 Å². The molecule has 19 heavy (non-hydrogen) atoms. The fourth-order valence-electron chi connectivity index (χ4n) is 1.74. The average molecular weight is 272 g/mol. The second-order valence-electron chi connectivity index (χ2n) is 4.94. The van der Waals surface area contributed by atoms with Gasteiger partial charge in [-0.1, -0.05) is 26.7 Å². The number of nitrogens with zero attached hydrogens (tertiary/aromatic N) is 2. The van der Waals surface area contributed by atoms with E-state index in [1.54, 1.807) is 4.90 Å². The van der Waals surface area contributed by atoms with Gasteiger partial charge in [-0.15, -0.1) is 0 Å². The van der Waals surface area contributed by atoms with E-state index >= 15 is 0 Å². The number of aliphatic carboxylic acids is 1. The number of rotatable bonds is 11. The van der Waals surface area contributed by atoms with Gasteiger partial charge < -0.3 is 10.0 Å². The number of carboxylic acid groups (broad SMARTS) is 1. The predicted octanol–water partition coefficient (Wildman–Crippen LogP) is 1.82. The molecule has 0 rings (SSSR count). The molecule has 0 radical (unpaired) electrons. The molecule has 112 valence electrons. The van der Waals surface area contributed by atoms with Crippen molar-refractivity contribution in [2.24, 2.45) is 0 Å². The Labute approximate surface area is 116 Å². The van der Waals surface area contributed by atoms with E-state index in [2.05, 4.69) is 13.8 Å². The number of hydrogen-bond donors (Lipinski definition) is 1. The lowest BCUT2D eigenvalue weighted by Gasteiger charge is -2.24. The summed E-state index contributed by atoms with van der Waals surface area (Å²) in [5, 5.41) is 8.73. The van der Waals surface area contributed by atoms with E-state index in [1.807, 2.05) is 11.9 Å². The van der Waals surface area contributed by atoms with Crippen molar-refractivity contribution in [3.8, 4) is 0 Å². The summed E-state index contributed by atoms with van der Waals surface area (Å²) >= 11 is 0. The van der Waals surface area contributed by atoms with Gasteiger partial charge in [0.2, 0.25) is 5.91 Å². The highest BCUT2D eigenvalue weighted by molar-refractivity contribution is 5.78. The highest BCUT2D eigenvalue weighted by Crippen LogP contribution is 2.00. The highest BCUT2D eigenvalue weighted by Gasteiger charge is 2.14. The molecule has 0 fully saturated rings. The summed E-state index contributed by atoms with van der Waals surface area (Å²) in [6, 6.07) is 0. The zero-order valence-corrected chi connectivity index (χ0v) is 12.5. The molecule has 0 aliphatic rings. The minimum Gasteiger partial charge on any atom is -0.481 e. The summed E-state index contributed by atoms with van der Waals surface area (Å²) < 4.78 is 0. The van der Waals surface area contributed by atoms with Crippen LogP contribution >= 0.6 is 0 Å². The molecule has 5 heteroatoms. The summed E-state index contributed by atoms with van der Waals surface area (Å²) in [5.74, 6) is -0.733. The lowest BCUT2D eigenvalue weighted by molar-refractivity contribution is -0.138. The third-order valence-corrected chi connectivity index (χ3v) is 3.10. The Bertz CT molecular complexity index is 269. The first-order valence-electron chi connectivity index (χ1n) is 7.19. The minimum atomic E-state index is -0.812. The van der Waals surface area contributed by atoms with E-state index in [9.17, 15) is 9.59 Å². The first-order valence-corrected chi connectivity index (χ1v) is 7.19. The van der Waals surface area contributed by atoms with Crippen molar-refractivity contribution >= 4 is 11.9 Å². The Hall–Kier alpha value is -1.10. The van der Waals surface area contributed by atoms with Crippen LogP contribution in [0, 0.1) is 0 Å². The van der Waals surface area contributed by atoms with Gasteiger partial charge in [0.1, 0.15) is 0 Å². The van der Waals surface area contributed by atoms with Gasteiger partial charge >= 0.3 is 5.97 Å². The van der Waals surface area contributed by atoms with Gasteiger partial charge in [-0.3, -0.25) is 14.5 Å². The van der Waals surface area contributed by atoms with Crippen LogP contribution in [0.4, 0.5) is 0 Å². The molecule has 0 aromatic rings. The zero-order valence-electron chi connectivity index (χ0n) is 12.5. The Morgan fingerprint density at radius 1 is 1.00 bits per heavy atom. The number of amides is 1. The van der Waals surface area contributed by atoms with Crippen LogP contribution in [-0.4, -0.2) is 60.0 Å². The molecule has 0 aliphatic heterocycles. The van der Waals surface area contributed by atoms with E-state index in [1.165, 1.54) is 0 Å². The molecular weight excluding hydrogens is 244 g/mol. The number of unbranched alkanes of at least 4 members (excludes halogenated alkanes) is 2. The third-order valence-electron chi connectivity index (χ3n) is 3.10. The van der Waals surface area contributed by atoms with Gasteiger partial charge in [0.15, 0.2) is 0 Å². The van der Waals surface area contributed by atoms with Crippen molar-refractivity contribution in [3.63, 3.8) is 0 Å². The van der Waals surface area contributed by atoms with Crippen LogP contribution in [0.5, 0.6) is 0 Å². The Balaban J connectivity index is 4.19. The topological polar surface area (TPSA) is 60.9 Å². The lowest BCUT2D eigenvalue weighted by atomic mass is 10.2. The average Bonchev–Trinajstić information content (AvgIpc) is 2.38. The largest absolute Gasteiger partial charge is 0.481 e. The van der Waals surface area contributed by atoms with Crippen LogP contribution in [0.15, 0.2) is 0 Å². The van der Waals surface area contributed by atoms with Gasteiger partial charge in [-0.25, -0.2) is 0 Å². The van der Waals surface area contributed by atoms with Crippen LogP contribution in [0.2, 0.25) is 0 Å². The van der Waals surface area contributed by atoms with Crippen molar-refractivity contribution in [3.05, 3.63) is 0 Å². The van der Waals surface area contributed by atoms with Crippen molar-refractivity contribution in [1.82, 2.24) is 9.80 Å². The molecule has 0 aliphatic carbocycles. The van der Waals surface area contributed by atoms with Crippen molar-refractivity contribution in [1.29, 1.82) is 0 Å². The first kappa shape index (κ1) is 17.9. The van der Waals surface area contributed by atoms with Crippen molar-refractivity contribution in [2.45, 2.75) is 46.0 Å². The van der Waals surface area contributed by atoms with E-state index in [4.69, 9.17) is 5.11 Å². The van der Waals surface area contributed by atoms with E-state index in [-0.39, 0.29) is 12.3 Å². The van der Waals surface area contributed by atoms with Crippen molar-refractivity contribution < 1.29 is 14.7 Å². The molecule has 1 amide bonds. The molecule has 0 unspecified atom stereocenters. The van der Waals surface area contributed by atoms with E-state index in [0.29, 0.717) is 13.1 Å². The van der Waals surface area contributed by atoms with Crippen LogP contribution < -0.4 is 0 Å². The maximum Gasteiger partial charge on any atom is 0.304 e. The molecule has 0 spiro atoms. The lowest BCUT2D eigenvalue weighted by Crippen LogP contribution is -2.40. The zero-order chi connectivity index (χ0) is 14.7. The standard InChI is InChI=1S/C14H28N2O3/c1-4-6-9-15(3)13(17)12-16(10-7-5-2)11-8-14(18)19/h4-12H2,1-3H3,(H,18,19). The van der Waals surface area contributed by atoms with E-state index < -0.39 is 5.97 Å². The first-order chi connectivity index (χ1) is 9.01. The monoisotopic (exact) mass is 272 g/mol. The van der Waals surface area contributed by atoms with Gasteiger partial charge in [-0.2, -0.15) is 0 Å². The SMILES string of the molecule is CCCCN(CCC(=O)O)CC(=O)N(C)CCCC. The highest BCUT2D eigenvalue weighted by atomic mass is 16.4. The molecule has 1 N–H and O–H groups in total. The third kappa shape index (κ3) is 9.47. The molecule has 0 saturated carbocycles. The molecule has 0 aromatic carbocycles. The summed E-state index contributed by atoms with van der Waals surface area (Å²) in [7, 11) is 1.81. The second-order valence-corrected chi connectivity index (χ2v) is 4.94. The number of carbonyl (C=O) groups is 2. The maximum atomic E-state index is 12.0. The number of carboxylic acids is 1. The van der Waals surface area contributed by atoms with Crippen molar-refractivity contribution in [2.75, 3.05) is 33.2 Å². The predicted molar refractivity (Wildman–Crippen MR) is 76.1 cm³/mol.